The summed E-state index contributed by atoms with van der Waals surface area (Å²) in [5, 5.41) is 3.54. The Morgan fingerprint density at radius 1 is 0.909 bits per heavy atom. The zero-order valence-corrected chi connectivity index (χ0v) is 16.7. The van der Waals surface area contributed by atoms with Crippen molar-refractivity contribution in [3.05, 3.63) is 0 Å². The van der Waals surface area contributed by atoms with Crippen LogP contribution >= 0.6 is 0 Å². The van der Waals surface area contributed by atoms with Gasteiger partial charge in [0, 0.05) is 35.7 Å². The summed E-state index contributed by atoms with van der Waals surface area (Å²) in [6.45, 7) is 9.59. The van der Waals surface area contributed by atoms with Crippen molar-refractivity contribution in [2.24, 2.45) is 5.73 Å². The van der Waals surface area contributed by atoms with Crippen LogP contribution in [0, 0.1) is 0 Å². The normalized spacial score (nSPS) is 12.5. The van der Waals surface area contributed by atoms with E-state index < -0.39 is 5.91 Å². The monoisotopic (exact) mass is 332 g/mol. The standard InChI is InChI=1S/C17H40N2O2Si/c1-4-20-17(21-5-2,13-9-8-12-16-22-3)19-15-11-7-6-10-14-18/h19H,4-16,18,22H2,1-3H3. The maximum atomic E-state index is 5.96. The maximum absolute atomic E-state index is 5.96. The van der Waals surface area contributed by atoms with E-state index >= 15 is 0 Å². The lowest BCUT2D eigenvalue weighted by molar-refractivity contribution is -0.257. The molecule has 0 rings (SSSR count). The first kappa shape index (κ1) is 22.1. The molecule has 5 heteroatoms. The van der Waals surface area contributed by atoms with Crippen molar-refractivity contribution < 1.29 is 9.47 Å². The van der Waals surface area contributed by atoms with Crippen molar-refractivity contribution in [1.29, 1.82) is 0 Å². The van der Waals surface area contributed by atoms with Crippen molar-refractivity contribution in [3.63, 3.8) is 0 Å². The van der Waals surface area contributed by atoms with Crippen molar-refractivity contribution in [2.75, 3.05) is 26.3 Å². The van der Waals surface area contributed by atoms with Gasteiger partial charge in [0.15, 0.2) is 0 Å². The molecule has 0 unspecified atom stereocenters. The summed E-state index contributed by atoms with van der Waals surface area (Å²) >= 11 is 0. The number of nitrogens with one attached hydrogen (secondary N) is 1. The van der Waals surface area contributed by atoms with Crippen LogP contribution in [-0.4, -0.2) is 41.7 Å². The third kappa shape index (κ3) is 11.6. The van der Waals surface area contributed by atoms with Crippen LogP contribution in [0.3, 0.4) is 0 Å². The summed E-state index contributed by atoms with van der Waals surface area (Å²) in [6.07, 6.45) is 9.51. The van der Waals surface area contributed by atoms with E-state index in [1.807, 2.05) is 13.8 Å². The maximum Gasteiger partial charge on any atom is 0.227 e. The average molecular weight is 333 g/mol. The number of hydrogen-bond donors (Lipinski definition) is 2. The molecule has 0 saturated carbocycles. The van der Waals surface area contributed by atoms with E-state index in [-0.39, 0.29) is 9.52 Å². The van der Waals surface area contributed by atoms with Gasteiger partial charge in [-0.15, -0.1) is 0 Å². The second-order valence-corrected chi connectivity index (χ2v) is 7.62. The smallest absolute Gasteiger partial charge is 0.227 e. The first-order valence-electron chi connectivity index (χ1n) is 9.47. The van der Waals surface area contributed by atoms with Crippen LogP contribution in [0.25, 0.3) is 0 Å². The van der Waals surface area contributed by atoms with E-state index in [9.17, 15) is 0 Å². The molecular weight excluding hydrogens is 292 g/mol. The summed E-state index contributed by atoms with van der Waals surface area (Å²) in [6, 6.07) is 1.46. The molecule has 0 aliphatic heterocycles. The zero-order chi connectivity index (χ0) is 16.5. The predicted octanol–water partition coefficient (Wildman–Crippen LogP) is 3.02. The molecule has 0 amide bonds. The zero-order valence-electron chi connectivity index (χ0n) is 15.3. The Labute approximate surface area is 140 Å². The number of hydrogen-bond acceptors (Lipinski definition) is 4. The third-order valence-electron chi connectivity index (χ3n) is 3.89. The quantitative estimate of drug-likeness (QED) is 0.244. The molecule has 0 aliphatic carbocycles. The van der Waals surface area contributed by atoms with Gasteiger partial charge < -0.3 is 15.2 Å². The Bertz CT molecular complexity index is 225. The van der Waals surface area contributed by atoms with E-state index in [2.05, 4.69) is 11.9 Å². The predicted molar refractivity (Wildman–Crippen MR) is 99.2 cm³/mol. The van der Waals surface area contributed by atoms with Gasteiger partial charge >= 0.3 is 0 Å². The van der Waals surface area contributed by atoms with Crippen molar-refractivity contribution in [3.8, 4) is 0 Å². The Morgan fingerprint density at radius 3 is 2.14 bits per heavy atom. The summed E-state index contributed by atoms with van der Waals surface area (Å²) in [7, 11) is 0.222. The minimum absolute atomic E-state index is 0.222. The molecule has 0 aromatic rings. The molecule has 0 aliphatic rings. The summed E-state index contributed by atoms with van der Waals surface area (Å²) < 4.78 is 11.9. The van der Waals surface area contributed by atoms with Gasteiger partial charge in [-0.05, 0) is 39.7 Å². The molecule has 0 heterocycles. The minimum Gasteiger partial charge on any atom is -0.338 e. The topological polar surface area (TPSA) is 56.5 Å². The third-order valence-corrected chi connectivity index (χ3v) is 5.10. The van der Waals surface area contributed by atoms with E-state index in [1.54, 1.807) is 0 Å². The fraction of sp³-hybridized carbons (Fsp3) is 1.00. The van der Waals surface area contributed by atoms with Gasteiger partial charge in [0.25, 0.3) is 0 Å². The fourth-order valence-electron chi connectivity index (χ4n) is 2.71. The van der Waals surface area contributed by atoms with Gasteiger partial charge in [0.05, 0.1) is 0 Å². The second kappa shape index (κ2) is 15.9. The molecule has 4 nitrogen and oxygen atoms in total. The van der Waals surface area contributed by atoms with Crippen molar-refractivity contribution >= 4 is 9.52 Å². The lowest BCUT2D eigenvalue weighted by Crippen LogP contribution is -2.50. The average Bonchev–Trinajstić information content (AvgIpc) is 2.51. The minimum atomic E-state index is -0.568. The first-order chi connectivity index (χ1) is 10.7. The van der Waals surface area contributed by atoms with Crippen LogP contribution < -0.4 is 11.1 Å². The number of ether oxygens (including phenoxy) is 2. The number of nitrogens with two attached hydrogens (primary N) is 1. The molecule has 0 aromatic heterocycles. The molecule has 0 saturated heterocycles. The molecule has 0 fully saturated rings. The Balaban J connectivity index is 4.13. The number of unbranched alkanes of at least 4 members (excludes halogenated alkanes) is 5. The first-order valence-corrected chi connectivity index (χ1v) is 11.9. The van der Waals surface area contributed by atoms with Gasteiger partial charge in [-0.25, -0.2) is 0 Å². The van der Waals surface area contributed by atoms with E-state index in [4.69, 9.17) is 15.2 Å². The number of rotatable bonds is 17. The van der Waals surface area contributed by atoms with Gasteiger partial charge in [-0.3, -0.25) is 5.32 Å². The molecule has 0 bridgehead atoms. The van der Waals surface area contributed by atoms with Crippen LogP contribution in [0.15, 0.2) is 0 Å². The molecule has 0 aromatic carbocycles. The highest BCUT2D eigenvalue weighted by atomic mass is 28.2. The molecule has 0 spiro atoms. The van der Waals surface area contributed by atoms with Crippen LogP contribution in [0.5, 0.6) is 0 Å². The highest BCUT2D eigenvalue weighted by Gasteiger charge is 2.29. The highest BCUT2D eigenvalue weighted by Crippen LogP contribution is 2.20. The Hall–Kier alpha value is 0.0569. The van der Waals surface area contributed by atoms with Gasteiger partial charge in [-0.2, -0.15) is 0 Å². The van der Waals surface area contributed by atoms with E-state index in [1.165, 1.54) is 38.1 Å². The van der Waals surface area contributed by atoms with Gasteiger partial charge in [0.1, 0.15) is 0 Å². The molecule has 0 radical (unpaired) electrons. The Morgan fingerprint density at radius 2 is 1.55 bits per heavy atom. The molecule has 0 atom stereocenters. The lowest BCUT2D eigenvalue weighted by atomic mass is 10.1. The van der Waals surface area contributed by atoms with Crippen molar-refractivity contribution in [2.45, 2.75) is 83.7 Å². The Kier molecular flexibility index (Phi) is 16.0. The SMILES string of the molecule is CCOC(CCCCC[SiH2]C)(NCCCCCCN)OCC. The van der Waals surface area contributed by atoms with Crippen LogP contribution in [0.1, 0.15) is 65.2 Å². The van der Waals surface area contributed by atoms with E-state index in [0.29, 0.717) is 13.2 Å². The summed E-state index contributed by atoms with van der Waals surface area (Å²) in [5.74, 6) is -0.568. The van der Waals surface area contributed by atoms with Gasteiger partial charge in [-0.1, -0.05) is 38.3 Å². The summed E-state index contributed by atoms with van der Waals surface area (Å²) in [5.41, 5.74) is 5.53. The molecule has 3 N–H and O–H groups in total. The second-order valence-electron chi connectivity index (χ2n) is 5.91. The van der Waals surface area contributed by atoms with Crippen LogP contribution in [0.4, 0.5) is 0 Å². The molecule has 134 valence electrons. The van der Waals surface area contributed by atoms with Crippen LogP contribution in [-0.2, 0) is 9.47 Å². The van der Waals surface area contributed by atoms with Crippen molar-refractivity contribution in [1.82, 2.24) is 5.32 Å². The van der Waals surface area contributed by atoms with Gasteiger partial charge in [0.2, 0.25) is 5.91 Å². The summed E-state index contributed by atoms with van der Waals surface area (Å²) in [4.78, 5) is 0. The lowest BCUT2D eigenvalue weighted by Gasteiger charge is -2.34. The van der Waals surface area contributed by atoms with Crippen LogP contribution in [0.2, 0.25) is 12.6 Å². The molecule has 22 heavy (non-hydrogen) atoms. The van der Waals surface area contributed by atoms with E-state index in [0.717, 1.165) is 32.4 Å². The largest absolute Gasteiger partial charge is 0.338 e. The fourth-order valence-corrected chi connectivity index (χ4v) is 3.56. The molecular formula is C17H40N2O2Si. The highest BCUT2D eigenvalue weighted by molar-refractivity contribution is 6.33.